The lowest BCUT2D eigenvalue weighted by molar-refractivity contribution is -0.272. The Labute approximate surface area is 584 Å². The molecule has 10 atom stereocenters. The topological polar surface area (TPSA) is 306 Å². The van der Waals surface area contributed by atoms with Gasteiger partial charge in [-0.05, 0) is 181 Å². The van der Waals surface area contributed by atoms with Gasteiger partial charge in [0.2, 0.25) is 5.91 Å². The first kappa shape index (κ1) is 91.3. The van der Waals surface area contributed by atoms with Gasteiger partial charge in [-0.15, -0.1) is 0 Å². The minimum Gasteiger partial charge on any atom is -0.440 e. The monoisotopic (exact) mass is 1400 g/mol. The van der Waals surface area contributed by atoms with Crippen LogP contribution in [-0.2, 0) is 75.9 Å². The van der Waals surface area contributed by atoms with E-state index in [2.05, 4.69) is 60.1 Å². The van der Waals surface area contributed by atoms with Crippen LogP contribution < -0.4 is 47.3 Å². The summed E-state index contributed by atoms with van der Waals surface area (Å²) in [6.45, 7) is 16.7. The van der Waals surface area contributed by atoms with E-state index in [0.29, 0.717) is 78.4 Å². The van der Waals surface area contributed by atoms with Crippen LogP contribution in [0.2, 0.25) is 0 Å². The highest BCUT2D eigenvalue weighted by Gasteiger charge is 2.49. The van der Waals surface area contributed by atoms with E-state index in [4.69, 9.17) is 66.3 Å². The molecule has 27 nitrogen and oxygen atoms in total. The molecule has 0 saturated carbocycles. The second-order valence-corrected chi connectivity index (χ2v) is 24.7. The number of thiol groups is 1. The molecular weight excluding hydrogens is 1260 g/mol. The van der Waals surface area contributed by atoms with E-state index in [1.165, 1.54) is 0 Å². The standard InChI is InChI=1S/C34H69N5O9S.C34H68N4O9/c1-42-21-9-5-16-35-20-15-30-28(26-36-17-6-10-22-43-2)29(27-37-18-7-11-23-44-3)32(48-34(41)38-19-8-12-24-45-4)33(47-30)46-25-13-14-31(40)39-49;1-41-22-10-5-16-35-20-15-31-29(27-36-17-6-11-23-42-2)30(28-37-18-7-12-24-43-3)32(33(46-31)45-26-14-9-21-39)47-34(40)38-19-8-13-25-44-4/h28-30,32-33,35-37,49H,5-27H2,1-4H3,(H,38,41)(H,39,40);21,29-33,35-37H,5-20,22-28H2,1-4H3,(H,38,40). The van der Waals surface area contributed by atoms with Crippen LogP contribution in [0, 0.1) is 23.7 Å². The van der Waals surface area contributed by atoms with Gasteiger partial charge in [-0.2, -0.15) is 0 Å². The zero-order valence-electron chi connectivity index (χ0n) is 60.7. The highest BCUT2D eigenvalue weighted by atomic mass is 32.1. The van der Waals surface area contributed by atoms with Gasteiger partial charge in [-0.25, -0.2) is 9.59 Å². The number of amides is 3. The molecule has 2 aliphatic rings. The highest BCUT2D eigenvalue weighted by Crippen LogP contribution is 2.37. The van der Waals surface area contributed by atoms with Crippen LogP contribution >= 0.6 is 12.8 Å². The average molecular weight is 1400 g/mol. The van der Waals surface area contributed by atoms with E-state index in [9.17, 15) is 19.2 Å². The summed E-state index contributed by atoms with van der Waals surface area (Å²) in [6.07, 6.45) is 15.3. The van der Waals surface area contributed by atoms with E-state index in [-0.39, 0.29) is 54.8 Å². The Kier molecular flexibility index (Phi) is 64.8. The molecule has 2 saturated heterocycles. The number of unbranched alkanes of at least 4 members (excludes halogenated alkanes) is 9. The SMILES string of the molecule is COCCCCNCCC1OC(OCCCC(=O)NS)C(OC(=O)NCCCCOC)C(CNCCCCOC)C1CNCCCCOC.COCCCCNCCC1OC(OCCCC=O)C(OC(=O)NCCCCOC)C(CNCCCCOC)C1CNCCCCOC. The maximum atomic E-state index is 13.2. The molecule has 28 heteroatoms. The normalized spacial score (nSPS) is 20.9. The number of carbonyl (C=O) groups excluding carboxylic acids is 4. The van der Waals surface area contributed by atoms with Crippen molar-refractivity contribution in [3.63, 3.8) is 0 Å². The average Bonchev–Trinajstić information content (AvgIpc) is 0.805. The molecule has 2 fully saturated rings. The van der Waals surface area contributed by atoms with E-state index in [1.807, 2.05) is 0 Å². The van der Waals surface area contributed by atoms with Crippen molar-refractivity contribution in [1.29, 1.82) is 0 Å². The van der Waals surface area contributed by atoms with E-state index >= 15 is 0 Å². The third-order valence-electron chi connectivity index (χ3n) is 16.8. The number of carbonyl (C=O) groups is 4. The van der Waals surface area contributed by atoms with Crippen molar-refractivity contribution in [2.24, 2.45) is 23.7 Å². The molecule has 0 aromatic heterocycles. The molecule has 10 unspecified atom stereocenters. The fourth-order valence-corrected chi connectivity index (χ4v) is 11.6. The maximum Gasteiger partial charge on any atom is 0.407 e. The van der Waals surface area contributed by atoms with Gasteiger partial charge in [0.25, 0.3) is 0 Å². The summed E-state index contributed by atoms with van der Waals surface area (Å²) >= 11 is 3.85. The molecule has 2 heterocycles. The zero-order valence-corrected chi connectivity index (χ0v) is 61.6. The van der Waals surface area contributed by atoms with Crippen LogP contribution in [0.15, 0.2) is 0 Å². The second kappa shape index (κ2) is 68.1. The van der Waals surface area contributed by atoms with Crippen molar-refractivity contribution in [3.8, 4) is 0 Å². The molecule has 3 amide bonds. The van der Waals surface area contributed by atoms with Crippen molar-refractivity contribution in [1.82, 2.24) is 47.3 Å². The van der Waals surface area contributed by atoms with Crippen LogP contribution in [0.4, 0.5) is 9.59 Å². The zero-order chi connectivity index (χ0) is 70.0. The van der Waals surface area contributed by atoms with Crippen LogP contribution in [0.5, 0.6) is 0 Å². The lowest BCUT2D eigenvalue weighted by Gasteiger charge is -2.46. The van der Waals surface area contributed by atoms with E-state index in [1.54, 1.807) is 56.9 Å². The molecular formula is C68H137N9O18S. The molecule has 0 aromatic rings. The van der Waals surface area contributed by atoms with Gasteiger partial charge < -0.3 is 118 Å². The Hall–Kier alpha value is -2.69. The first-order valence-electron chi connectivity index (χ1n) is 36.1. The van der Waals surface area contributed by atoms with E-state index in [0.717, 1.165) is 214 Å². The lowest BCUT2D eigenvalue weighted by Crippen LogP contribution is -2.59. The molecule has 96 heavy (non-hydrogen) atoms. The minimum absolute atomic E-state index is 0.0403. The summed E-state index contributed by atoms with van der Waals surface area (Å²) in [4.78, 5) is 49.1. The Bertz CT molecular complexity index is 1760. The molecule has 0 spiro atoms. The summed E-state index contributed by atoms with van der Waals surface area (Å²) in [6, 6.07) is 0. The fraction of sp³-hybridized carbons (Fsp3) is 0.941. The molecule has 2 aliphatic heterocycles. The van der Waals surface area contributed by atoms with Crippen molar-refractivity contribution < 1.29 is 85.5 Å². The number of rotatable bonds is 66. The summed E-state index contributed by atoms with van der Waals surface area (Å²) < 4.78 is 82.2. The predicted molar refractivity (Wildman–Crippen MR) is 377 cm³/mol. The smallest absolute Gasteiger partial charge is 0.407 e. The van der Waals surface area contributed by atoms with Crippen LogP contribution in [-0.4, -0.2) is 276 Å². The Morgan fingerprint density at radius 2 is 0.667 bits per heavy atom. The van der Waals surface area contributed by atoms with E-state index < -0.39 is 37.0 Å². The maximum absolute atomic E-state index is 13.2. The van der Waals surface area contributed by atoms with Crippen LogP contribution in [0.3, 0.4) is 0 Å². The summed E-state index contributed by atoms with van der Waals surface area (Å²) in [5, 5.41) is 27.5. The third kappa shape index (κ3) is 48.2. The Morgan fingerprint density at radius 1 is 0.365 bits per heavy atom. The first-order valence-corrected chi connectivity index (χ1v) is 36.5. The fourth-order valence-electron chi connectivity index (χ4n) is 11.5. The molecule has 0 aromatic carbocycles. The number of aldehydes is 1. The molecule has 0 radical (unpaired) electrons. The van der Waals surface area contributed by atoms with Gasteiger partial charge in [-0.1, -0.05) is 12.8 Å². The summed E-state index contributed by atoms with van der Waals surface area (Å²) in [7, 11) is 13.7. The largest absolute Gasteiger partial charge is 0.440 e. The van der Waals surface area contributed by atoms with Gasteiger partial charge >= 0.3 is 12.2 Å². The minimum atomic E-state index is -0.789. The molecule has 0 aliphatic carbocycles. The predicted octanol–water partition coefficient (Wildman–Crippen LogP) is 5.56. The number of hydrogen-bond donors (Lipinski definition) is 10. The van der Waals surface area contributed by atoms with Crippen LogP contribution in [0.1, 0.15) is 141 Å². The van der Waals surface area contributed by atoms with Crippen molar-refractivity contribution >= 4 is 37.2 Å². The Morgan fingerprint density at radius 3 is 0.979 bits per heavy atom. The molecule has 9 N–H and O–H groups in total. The van der Waals surface area contributed by atoms with Gasteiger partial charge in [0.15, 0.2) is 24.8 Å². The molecule has 0 bridgehead atoms. The highest BCUT2D eigenvalue weighted by molar-refractivity contribution is 7.78. The number of methoxy groups -OCH3 is 8. The van der Waals surface area contributed by atoms with Gasteiger partial charge in [-0.3, -0.25) is 4.79 Å². The van der Waals surface area contributed by atoms with Gasteiger partial charge in [0.05, 0.1) is 25.4 Å². The van der Waals surface area contributed by atoms with Crippen molar-refractivity contribution in [2.75, 3.05) is 215 Å². The summed E-state index contributed by atoms with van der Waals surface area (Å²) in [5.74, 6) is -0.246. The van der Waals surface area contributed by atoms with Gasteiger partial charge in [0.1, 0.15) is 6.29 Å². The number of nitrogens with one attached hydrogen (secondary N) is 9. The number of alkyl carbamates (subject to hydrolysis) is 2. The van der Waals surface area contributed by atoms with Crippen molar-refractivity contribution in [2.45, 2.75) is 178 Å². The van der Waals surface area contributed by atoms with Crippen LogP contribution in [0.25, 0.3) is 0 Å². The number of hydrogen-bond acceptors (Lipinski definition) is 25. The van der Waals surface area contributed by atoms with Gasteiger partial charge in [0, 0.05) is 186 Å². The Balaban J connectivity index is 0.000000961. The lowest BCUT2D eigenvalue weighted by atomic mass is 9.79. The molecule has 568 valence electrons. The van der Waals surface area contributed by atoms with Crippen molar-refractivity contribution in [3.05, 3.63) is 0 Å². The number of ether oxygens (including phenoxy) is 14. The first-order chi connectivity index (χ1) is 47.1. The third-order valence-corrected chi connectivity index (χ3v) is 17.0. The second-order valence-electron chi connectivity index (χ2n) is 24.5. The summed E-state index contributed by atoms with van der Waals surface area (Å²) in [5.41, 5.74) is 0. The quantitative estimate of drug-likeness (QED) is 0.0202. The molecule has 2 rings (SSSR count).